The Kier molecular flexibility index (Phi) is 3.15. The summed E-state index contributed by atoms with van der Waals surface area (Å²) in [5.41, 5.74) is 1.11. The Labute approximate surface area is 77.5 Å². The van der Waals surface area contributed by atoms with Crippen LogP contribution in [-0.4, -0.2) is 17.5 Å². The van der Waals surface area contributed by atoms with Gasteiger partial charge in [-0.15, -0.1) is 11.6 Å². The molecule has 12 heavy (non-hydrogen) atoms. The summed E-state index contributed by atoms with van der Waals surface area (Å²) in [6, 6.07) is 0. The Balaban J connectivity index is 2.54. The maximum absolute atomic E-state index is 10.6. The van der Waals surface area contributed by atoms with Gasteiger partial charge in [0.1, 0.15) is 6.10 Å². The maximum atomic E-state index is 10.6. The molecular formula is C9H13ClO2. The van der Waals surface area contributed by atoms with Gasteiger partial charge in [-0.1, -0.05) is 5.57 Å². The van der Waals surface area contributed by atoms with E-state index in [-0.39, 0.29) is 17.5 Å². The highest BCUT2D eigenvalue weighted by Gasteiger charge is 2.19. The molecule has 0 N–H and O–H groups in total. The number of hydrogen-bond donors (Lipinski definition) is 0. The Bertz CT molecular complexity index is 211. The molecule has 0 saturated heterocycles. The van der Waals surface area contributed by atoms with E-state index in [1.54, 1.807) is 0 Å². The minimum Gasteiger partial charge on any atom is -0.458 e. The number of halogens is 1. The van der Waals surface area contributed by atoms with Crippen LogP contribution < -0.4 is 0 Å². The molecule has 0 amide bonds. The molecular weight excluding hydrogens is 176 g/mol. The molecule has 0 heterocycles. The predicted molar refractivity (Wildman–Crippen MR) is 48.2 cm³/mol. The van der Waals surface area contributed by atoms with Crippen molar-refractivity contribution < 1.29 is 9.53 Å². The number of carbonyl (C=O) groups excluding carboxylic acids is 1. The lowest BCUT2D eigenvalue weighted by Gasteiger charge is -2.22. The van der Waals surface area contributed by atoms with Crippen LogP contribution >= 0.6 is 11.6 Å². The minimum absolute atomic E-state index is 0.0579. The van der Waals surface area contributed by atoms with Crippen molar-refractivity contribution in [1.82, 2.24) is 0 Å². The second-order valence-electron chi connectivity index (χ2n) is 3.10. The van der Waals surface area contributed by atoms with Crippen molar-refractivity contribution in [3.8, 4) is 0 Å². The van der Waals surface area contributed by atoms with Crippen LogP contribution in [0, 0.1) is 0 Å². The lowest BCUT2D eigenvalue weighted by Crippen LogP contribution is -2.21. The van der Waals surface area contributed by atoms with E-state index in [9.17, 15) is 4.79 Å². The molecule has 0 spiro atoms. The number of esters is 1. The molecule has 0 unspecified atom stereocenters. The molecule has 0 radical (unpaired) electrons. The molecule has 0 fully saturated rings. The molecule has 2 nitrogen and oxygen atoms in total. The van der Waals surface area contributed by atoms with Gasteiger partial charge in [0, 0.05) is 6.92 Å². The van der Waals surface area contributed by atoms with Crippen LogP contribution in [0.15, 0.2) is 11.6 Å². The van der Waals surface area contributed by atoms with Crippen molar-refractivity contribution >= 4 is 17.6 Å². The molecule has 0 aromatic carbocycles. The zero-order valence-electron chi connectivity index (χ0n) is 7.34. The monoisotopic (exact) mass is 188 g/mol. The second kappa shape index (κ2) is 3.94. The van der Waals surface area contributed by atoms with Crippen LogP contribution in [0.4, 0.5) is 0 Å². The zero-order valence-corrected chi connectivity index (χ0v) is 8.10. The summed E-state index contributed by atoms with van der Waals surface area (Å²) in [5.74, 6) is -0.225. The van der Waals surface area contributed by atoms with Crippen LogP contribution in [0.1, 0.15) is 26.7 Å². The molecule has 1 rings (SSSR count). The highest BCUT2D eigenvalue weighted by atomic mass is 35.5. The fourth-order valence-corrected chi connectivity index (χ4v) is 1.52. The van der Waals surface area contributed by atoms with E-state index in [0.29, 0.717) is 0 Å². The van der Waals surface area contributed by atoms with E-state index in [0.717, 1.165) is 18.4 Å². The molecule has 0 saturated carbocycles. The fraction of sp³-hybridized carbons (Fsp3) is 0.667. The second-order valence-corrected chi connectivity index (χ2v) is 3.63. The number of allylic oxidation sites excluding steroid dienone is 1. The summed E-state index contributed by atoms with van der Waals surface area (Å²) in [6.45, 7) is 3.39. The first-order valence-corrected chi connectivity index (χ1v) is 4.53. The van der Waals surface area contributed by atoms with Crippen LogP contribution in [-0.2, 0) is 9.53 Å². The number of hydrogen-bond acceptors (Lipinski definition) is 2. The van der Waals surface area contributed by atoms with Gasteiger partial charge in [-0.2, -0.15) is 0 Å². The fourth-order valence-electron chi connectivity index (χ4n) is 1.33. The van der Waals surface area contributed by atoms with Gasteiger partial charge in [0.15, 0.2) is 0 Å². The van der Waals surface area contributed by atoms with Crippen molar-refractivity contribution in [3.63, 3.8) is 0 Å². The van der Waals surface area contributed by atoms with Crippen LogP contribution in [0.2, 0.25) is 0 Å². The third kappa shape index (κ3) is 2.52. The van der Waals surface area contributed by atoms with Crippen molar-refractivity contribution in [3.05, 3.63) is 11.6 Å². The van der Waals surface area contributed by atoms with Crippen molar-refractivity contribution in [2.24, 2.45) is 0 Å². The predicted octanol–water partition coefficient (Wildman–Crippen LogP) is 2.27. The van der Waals surface area contributed by atoms with Crippen molar-refractivity contribution in [1.29, 1.82) is 0 Å². The van der Waals surface area contributed by atoms with Gasteiger partial charge in [0.05, 0.1) is 5.38 Å². The van der Waals surface area contributed by atoms with E-state index < -0.39 is 0 Å². The molecule has 0 aliphatic heterocycles. The molecule has 0 aromatic rings. The Morgan fingerprint density at radius 1 is 1.67 bits per heavy atom. The SMILES string of the molecule is CC(=O)O[C@H]1C=C(C)[C@@H](Cl)CC1. The van der Waals surface area contributed by atoms with Gasteiger partial charge < -0.3 is 4.74 Å². The van der Waals surface area contributed by atoms with Gasteiger partial charge in [-0.05, 0) is 25.8 Å². The molecule has 0 aromatic heterocycles. The summed E-state index contributed by atoms with van der Waals surface area (Å²) >= 11 is 5.96. The topological polar surface area (TPSA) is 26.3 Å². The van der Waals surface area contributed by atoms with Crippen molar-refractivity contribution in [2.75, 3.05) is 0 Å². The van der Waals surface area contributed by atoms with Gasteiger partial charge in [-0.3, -0.25) is 4.79 Å². The Hall–Kier alpha value is -0.500. The Morgan fingerprint density at radius 3 is 2.83 bits per heavy atom. The minimum atomic E-state index is -0.225. The first-order chi connectivity index (χ1) is 5.59. The maximum Gasteiger partial charge on any atom is 0.303 e. The number of alkyl halides is 1. The summed E-state index contributed by atoms with van der Waals surface area (Å²) in [4.78, 5) is 10.6. The van der Waals surface area contributed by atoms with Crippen LogP contribution in [0.5, 0.6) is 0 Å². The highest BCUT2D eigenvalue weighted by Crippen LogP contribution is 2.24. The summed E-state index contributed by atoms with van der Waals surface area (Å²) in [6.07, 6.45) is 3.60. The largest absolute Gasteiger partial charge is 0.458 e. The number of ether oxygens (including phenoxy) is 1. The quantitative estimate of drug-likeness (QED) is 0.359. The summed E-state index contributed by atoms with van der Waals surface area (Å²) < 4.78 is 5.04. The molecule has 1 aliphatic carbocycles. The molecule has 68 valence electrons. The molecule has 3 heteroatoms. The van der Waals surface area contributed by atoms with E-state index in [4.69, 9.17) is 16.3 Å². The normalized spacial score (nSPS) is 29.4. The Morgan fingerprint density at radius 2 is 2.33 bits per heavy atom. The average Bonchev–Trinajstić information content (AvgIpc) is 1.96. The first-order valence-electron chi connectivity index (χ1n) is 4.09. The highest BCUT2D eigenvalue weighted by molar-refractivity contribution is 6.22. The van der Waals surface area contributed by atoms with E-state index in [1.807, 2.05) is 13.0 Å². The smallest absolute Gasteiger partial charge is 0.303 e. The zero-order chi connectivity index (χ0) is 9.14. The van der Waals surface area contributed by atoms with Gasteiger partial charge in [0.2, 0.25) is 0 Å². The van der Waals surface area contributed by atoms with E-state index in [1.165, 1.54) is 6.92 Å². The van der Waals surface area contributed by atoms with Crippen LogP contribution in [0.25, 0.3) is 0 Å². The summed E-state index contributed by atoms with van der Waals surface area (Å²) in [5, 5.41) is 0.122. The van der Waals surface area contributed by atoms with Crippen LogP contribution in [0.3, 0.4) is 0 Å². The first kappa shape index (κ1) is 9.59. The lowest BCUT2D eigenvalue weighted by atomic mass is 9.98. The number of carbonyl (C=O) groups is 1. The molecule has 1 aliphatic rings. The van der Waals surface area contributed by atoms with Gasteiger partial charge in [-0.25, -0.2) is 0 Å². The standard InChI is InChI=1S/C9H13ClO2/c1-6-5-8(12-7(2)11)3-4-9(6)10/h5,8-9H,3-4H2,1-2H3/t8-,9+/m1/s1. The third-order valence-corrected chi connectivity index (χ3v) is 2.53. The molecule has 2 atom stereocenters. The van der Waals surface area contributed by atoms with E-state index >= 15 is 0 Å². The lowest BCUT2D eigenvalue weighted by molar-refractivity contribution is -0.144. The van der Waals surface area contributed by atoms with Gasteiger partial charge in [0.25, 0.3) is 0 Å². The van der Waals surface area contributed by atoms with E-state index in [2.05, 4.69) is 0 Å². The number of rotatable bonds is 1. The summed E-state index contributed by atoms with van der Waals surface area (Å²) in [7, 11) is 0. The molecule has 0 bridgehead atoms. The third-order valence-electron chi connectivity index (χ3n) is 1.96. The average molecular weight is 189 g/mol. The van der Waals surface area contributed by atoms with Crippen molar-refractivity contribution in [2.45, 2.75) is 38.2 Å². The van der Waals surface area contributed by atoms with Gasteiger partial charge >= 0.3 is 5.97 Å².